The molecule has 25 heavy (non-hydrogen) atoms. The molecule has 0 saturated heterocycles. The summed E-state index contributed by atoms with van der Waals surface area (Å²) in [6, 6.07) is 16.5. The highest BCUT2D eigenvalue weighted by Crippen LogP contribution is 2.22. The van der Waals surface area contributed by atoms with E-state index in [1.807, 2.05) is 30.3 Å². The van der Waals surface area contributed by atoms with Crippen molar-refractivity contribution < 1.29 is 14.3 Å². The maximum atomic E-state index is 12.5. The zero-order valence-electron chi connectivity index (χ0n) is 14.0. The number of amides is 1. The molecule has 1 atom stereocenters. The smallest absolute Gasteiger partial charge is 0.338 e. The van der Waals surface area contributed by atoms with E-state index in [0.717, 1.165) is 15.2 Å². The van der Waals surface area contributed by atoms with Crippen molar-refractivity contribution in [3.05, 3.63) is 65.2 Å². The Kier molecular flexibility index (Phi) is 5.09. The molecule has 1 unspecified atom stereocenters. The lowest BCUT2D eigenvalue weighted by atomic mass is 10.2. The van der Waals surface area contributed by atoms with Gasteiger partial charge in [-0.1, -0.05) is 30.3 Å². The Bertz CT molecular complexity index is 859. The van der Waals surface area contributed by atoms with E-state index in [1.165, 1.54) is 4.90 Å². The van der Waals surface area contributed by atoms with Gasteiger partial charge in [0.05, 0.1) is 22.3 Å². The van der Waals surface area contributed by atoms with Gasteiger partial charge in [0.15, 0.2) is 6.10 Å². The lowest BCUT2D eigenvalue weighted by Gasteiger charge is -2.20. The first-order chi connectivity index (χ1) is 12.0. The van der Waals surface area contributed by atoms with E-state index in [4.69, 9.17) is 4.74 Å². The summed E-state index contributed by atoms with van der Waals surface area (Å²) in [7, 11) is 1.68. The summed E-state index contributed by atoms with van der Waals surface area (Å²) < 4.78 is 6.35. The molecule has 0 fully saturated rings. The molecule has 2 aromatic carbocycles. The van der Waals surface area contributed by atoms with Crippen molar-refractivity contribution in [3.8, 4) is 0 Å². The van der Waals surface area contributed by atoms with E-state index in [0.29, 0.717) is 12.1 Å². The molecule has 0 aliphatic carbocycles. The summed E-state index contributed by atoms with van der Waals surface area (Å²) >= 11 is 1.55. The lowest BCUT2D eigenvalue weighted by Crippen LogP contribution is -2.37. The topological polar surface area (TPSA) is 59.5 Å². The van der Waals surface area contributed by atoms with Crippen molar-refractivity contribution in [2.45, 2.75) is 19.6 Å². The number of hydrogen-bond acceptors (Lipinski definition) is 5. The predicted octanol–water partition coefficient (Wildman–Crippen LogP) is 3.50. The number of likely N-dealkylation sites (N-methyl/N-ethyl adjacent to an activating group) is 1. The van der Waals surface area contributed by atoms with Gasteiger partial charge in [0, 0.05) is 7.05 Å². The molecule has 1 amide bonds. The van der Waals surface area contributed by atoms with Crippen molar-refractivity contribution >= 4 is 33.4 Å². The van der Waals surface area contributed by atoms with Crippen LogP contribution in [0.5, 0.6) is 0 Å². The van der Waals surface area contributed by atoms with Gasteiger partial charge in [-0.25, -0.2) is 9.78 Å². The van der Waals surface area contributed by atoms with Crippen molar-refractivity contribution in [2.24, 2.45) is 0 Å². The Balaban J connectivity index is 1.62. The van der Waals surface area contributed by atoms with Gasteiger partial charge in [-0.2, -0.15) is 0 Å². The van der Waals surface area contributed by atoms with Gasteiger partial charge in [-0.05, 0) is 31.2 Å². The number of hydrogen-bond donors (Lipinski definition) is 0. The molecule has 128 valence electrons. The lowest BCUT2D eigenvalue weighted by molar-refractivity contribution is -0.139. The average molecular weight is 354 g/mol. The van der Waals surface area contributed by atoms with E-state index in [9.17, 15) is 9.59 Å². The zero-order chi connectivity index (χ0) is 17.8. The monoisotopic (exact) mass is 354 g/mol. The summed E-state index contributed by atoms with van der Waals surface area (Å²) in [5.41, 5.74) is 1.35. The number of rotatable bonds is 5. The third-order valence-corrected chi connectivity index (χ3v) is 4.75. The number of carbonyl (C=O) groups is 2. The standard InChI is InChI=1S/C19H18N2O3S/c1-13(24-19(23)14-8-4-3-5-9-14)18(22)21(2)12-17-20-15-10-6-7-11-16(15)25-17/h3-11,13H,12H2,1-2H3. The average Bonchev–Trinajstić information content (AvgIpc) is 3.03. The van der Waals surface area contributed by atoms with Gasteiger partial charge in [-0.15, -0.1) is 11.3 Å². The number of thiazole rings is 1. The van der Waals surface area contributed by atoms with Crippen LogP contribution in [-0.2, 0) is 16.1 Å². The van der Waals surface area contributed by atoms with Gasteiger partial charge in [-0.3, -0.25) is 4.79 Å². The number of para-hydroxylation sites is 1. The van der Waals surface area contributed by atoms with Crippen molar-refractivity contribution in [1.29, 1.82) is 0 Å². The highest BCUT2D eigenvalue weighted by Gasteiger charge is 2.23. The number of esters is 1. The second-order valence-electron chi connectivity index (χ2n) is 5.68. The summed E-state index contributed by atoms with van der Waals surface area (Å²) in [4.78, 5) is 30.6. The van der Waals surface area contributed by atoms with Crippen molar-refractivity contribution in [1.82, 2.24) is 9.88 Å². The highest BCUT2D eigenvalue weighted by molar-refractivity contribution is 7.18. The highest BCUT2D eigenvalue weighted by atomic mass is 32.1. The SMILES string of the molecule is CC(OC(=O)c1ccccc1)C(=O)N(C)Cc1nc2ccccc2s1. The van der Waals surface area contributed by atoms with Crippen LogP contribution in [-0.4, -0.2) is 34.9 Å². The first-order valence-electron chi connectivity index (χ1n) is 7.90. The van der Waals surface area contributed by atoms with Crippen molar-refractivity contribution in [2.75, 3.05) is 7.05 Å². The molecule has 3 aromatic rings. The van der Waals surface area contributed by atoms with Crippen LogP contribution in [0.2, 0.25) is 0 Å². The van der Waals surface area contributed by atoms with E-state index in [1.54, 1.807) is 49.6 Å². The molecule has 6 heteroatoms. The minimum Gasteiger partial charge on any atom is -0.449 e. The molecular formula is C19H18N2O3S. The minimum atomic E-state index is -0.855. The van der Waals surface area contributed by atoms with E-state index in [2.05, 4.69) is 4.98 Å². The number of fused-ring (bicyclic) bond motifs is 1. The van der Waals surface area contributed by atoms with Crippen LogP contribution >= 0.6 is 11.3 Å². The maximum absolute atomic E-state index is 12.5. The molecule has 0 radical (unpaired) electrons. The minimum absolute atomic E-state index is 0.261. The molecule has 0 saturated carbocycles. The fourth-order valence-electron chi connectivity index (χ4n) is 2.43. The molecule has 0 aliphatic rings. The van der Waals surface area contributed by atoms with E-state index in [-0.39, 0.29) is 5.91 Å². The number of nitrogens with zero attached hydrogens (tertiary/aromatic N) is 2. The molecule has 3 rings (SSSR count). The van der Waals surface area contributed by atoms with Crippen LogP contribution in [0.4, 0.5) is 0 Å². The molecule has 0 bridgehead atoms. The van der Waals surface area contributed by atoms with Crippen molar-refractivity contribution in [3.63, 3.8) is 0 Å². The van der Waals surface area contributed by atoms with Gasteiger partial charge >= 0.3 is 5.97 Å². The largest absolute Gasteiger partial charge is 0.449 e. The summed E-state index contributed by atoms with van der Waals surface area (Å²) in [5.74, 6) is -0.765. The second-order valence-corrected chi connectivity index (χ2v) is 6.80. The normalized spacial score (nSPS) is 11.9. The van der Waals surface area contributed by atoms with Gasteiger partial charge in [0.2, 0.25) is 0 Å². The second kappa shape index (κ2) is 7.44. The maximum Gasteiger partial charge on any atom is 0.338 e. The zero-order valence-corrected chi connectivity index (χ0v) is 14.8. The predicted molar refractivity (Wildman–Crippen MR) is 97.4 cm³/mol. The number of aromatic nitrogens is 1. The Morgan fingerprint density at radius 3 is 2.52 bits per heavy atom. The van der Waals surface area contributed by atoms with Gasteiger partial charge in [0.1, 0.15) is 5.01 Å². The first kappa shape index (κ1) is 17.1. The molecule has 0 spiro atoms. The molecule has 0 N–H and O–H groups in total. The Morgan fingerprint density at radius 2 is 1.80 bits per heavy atom. The number of benzene rings is 2. The Morgan fingerprint density at radius 1 is 1.12 bits per heavy atom. The quantitative estimate of drug-likeness (QED) is 0.658. The fraction of sp³-hybridized carbons (Fsp3) is 0.211. The van der Waals surface area contributed by atoms with Crippen LogP contribution in [0, 0.1) is 0 Å². The molecule has 0 aliphatic heterocycles. The van der Waals surface area contributed by atoms with Crippen LogP contribution in [0.15, 0.2) is 54.6 Å². The van der Waals surface area contributed by atoms with E-state index < -0.39 is 12.1 Å². The summed E-state index contributed by atoms with van der Waals surface area (Å²) in [5, 5.41) is 0.846. The first-order valence-corrected chi connectivity index (χ1v) is 8.71. The summed E-state index contributed by atoms with van der Waals surface area (Å²) in [6.07, 6.45) is -0.855. The molecular weight excluding hydrogens is 336 g/mol. The molecule has 5 nitrogen and oxygen atoms in total. The van der Waals surface area contributed by atoms with Gasteiger partial charge in [0.25, 0.3) is 5.91 Å². The third-order valence-electron chi connectivity index (χ3n) is 3.73. The molecule has 1 aromatic heterocycles. The van der Waals surface area contributed by atoms with E-state index >= 15 is 0 Å². The van der Waals surface area contributed by atoms with Crippen LogP contribution < -0.4 is 0 Å². The Labute approximate surface area is 149 Å². The third kappa shape index (κ3) is 4.03. The van der Waals surface area contributed by atoms with Crippen LogP contribution in [0.25, 0.3) is 10.2 Å². The summed E-state index contributed by atoms with van der Waals surface area (Å²) in [6.45, 7) is 1.96. The van der Waals surface area contributed by atoms with Crippen LogP contribution in [0.1, 0.15) is 22.3 Å². The number of carbonyl (C=O) groups excluding carboxylic acids is 2. The number of ether oxygens (including phenoxy) is 1. The van der Waals surface area contributed by atoms with Crippen LogP contribution in [0.3, 0.4) is 0 Å². The fourth-order valence-corrected chi connectivity index (χ4v) is 3.45. The van der Waals surface area contributed by atoms with Gasteiger partial charge < -0.3 is 9.64 Å². The Hall–Kier alpha value is -2.73. The molecule has 1 heterocycles.